The second-order valence-corrected chi connectivity index (χ2v) is 10.5. The predicted molar refractivity (Wildman–Crippen MR) is 157 cm³/mol. The highest BCUT2D eigenvalue weighted by Gasteiger charge is 2.38. The zero-order valence-corrected chi connectivity index (χ0v) is 23.6. The number of rotatable bonds is 6. The Labute approximate surface area is 246 Å². The largest absolute Gasteiger partial charge is 0.457 e. The van der Waals surface area contributed by atoms with Gasteiger partial charge in [0.25, 0.3) is 5.91 Å². The summed E-state index contributed by atoms with van der Waals surface area (Å²) in [5.74, 6) is 0.474. The van der Waals surface area contributed by atoms with Gasteiger partial charge in [0.05, 0.1) is 16.8 Å². The monoisotopic (exact) mass is 586 g/mol. The number of anilines is 1. The van der Waals surface area contributed by atoms with E-state index in [2.05, 4.69) is 20.2 Å². The quantitative estimate of drug-likeness (QED) is 0.224. The van der Waals surface area contributed by atoms with Gasteiger partial charge in [-0.2, -0.15) is 18.3 Å². The molecular weight excluding hydrogens is 557 g/mol. The molecule has 3 aromatic carbocycles. The molecule has 1 aliphatic heterocycles. The minimum Gasteiger partial charge on any atom is -0.457 e. The van der Waals surface area contributed by atoms with E-state index in [0.29, 0.717) is 31.7 Å². The third kappa shape index (κ3) is 5.62. The Hall–Kier alpha value is -4.93. The summed E-state index contributed by atoms with van der Waals surface area (Å²) in [5.41, 5.74) is 0.165. The minimum absolute atomic E-state index is 0.00813. The lowest BCUT2D eigenvalue weighted by Gasteiger charge is -2.37. The Morgan fingerprint density at radius 2 is 1.60 bits per heavy atom. The molecule has 2 aromatic heterocycles. The molecule has 0 aliphatic carbocycles. The van der Waals surface area contributed by atoms with Crippen molar-refractivity contribution in [1.29, 1.82) is 0 Å². The lowest BCUT2D eigenvalue weighted by Crippen LogP contribution is -2.46. The summed E-state index contributed by atoms with van der Waals surface area (Å²) in [7, 11) is 3.42. The molecular formula is C32H29F3N6O2. The topological polar surface area (TPSA) is 76.4 Å². The maximum atomic E-state index is 14.1. The van der Waals surface area contributed by atoms with E-state index < -0.39 is 23.2 Å². The molecule has 0 saturated carbocycles. The fourth-order valence-electron chi connectivity index (χ4n) is 5.57. The smallest absolute Gasteiger partial charge is 0.417 e. The van der Waals surface area contributed by atoms with Crippen molar-refractivity contribution < 1.29 is 22.7 Å². The number of benzene rings is 3. The molecule has 1 saturated heterocycles. The van der Waals surface area contributed by atoms with Crippen molar-refractivity contribution in [3.63, 3.8) is 0 Å². The number of hydrogen-bond acceptors (Lipinski definition) is 6. The standard InChI is InChI=1S/C32H29F3N6O2/c1-39(31(42)26-13-12-23(20-27(26)32(33,34)35)43-22-8-4-3-5-9-22)21-15-18-41(19-16-21)30-25-11-7-6-10-24(25)29(37-38-30)28-14-17-36-40(28)2/h3-14,17,20-21H,15-16,18-19H2,1-2H3. The maximum Gasteiger partial charge on any atom is 0.417 e. The average Bonchev–Trinajstić information content (AvgIpc) is 3.45. The zero-order valence-electron chi connectivity index (χ0n) is 23.6. The molecule has 1 amide bonds. The summed E-state index contributed by atoms with van der Waals surface area (Å²) in [6.45, 7) is 1.14. The van der Waals surface area contributed by atoms with Gasteiger partial charge in [-0.3, -0.25) is 9.48 Å². The van der Waals surface area contributed by atoms with Crippen LogP contribution in [0, 0.1) is 0 Å². The number of nitrogens with zero attached hydrogens (tertiary/aromatic N) is 6. The maximum absolute atomic E-state index is 14.1. The highest BCUT2D eigenvalue weighted by molar-refractivity contribution is 6.00. The van der Waals surface area contributed by atoms with Crippen LogP contribution in [-0.4, -0.2) is 57.0 Å². The van der Waals surface area contributed by atoms with Crippen LogP contribution >= 0.6 is 0 Å². The van der Waals surface area contributed by atoms with Crippen LogP contribution in [0.25, 0.3) is 22.2 Å². The first-order valence-electron chi connectivity index (χ1n) is 13.9. The molecule has 0 N–H and O–H groups in total. The molecule has 8 nitrogen and oxygen atoms in total. The van der Waals surface area contributed by atoms with Crippen molar-refractivity contribution in [2.75, 3.05) is 25.0 Å². The van der Waals surface area contributed by atoms with Gasteiger partial charge in [0, 0.05) is 50.2 Å². The van der Waals surface area contributed by atoms with E-state index in [1.165, 1.54) is 17.0 Å². The first kappa shape index (κ1) is 28.2. The summed E-state index contributed by atoms with van der Waals surface area (Å²) in [6, 6.07) is 21.6. The van der Waals surface area contributed by atoms with Crippen LogP contribution in [0.2, 0.25) is 0 Å². The second-order valence-electron chi connectivity index (χ2n) is 10.5. The molecule has 0 unspecified atom stereocenters. The summed E-state index contributed by atoms with van der Waals surface area (Å²) < 4.78 is 49.6. The zero-order chi connectivity index (χ0) is 30.1. The minimum atomic E-state index is -4.73. The number of carbonyl (C=O) groups excluding carboxylic acids is 1. The van der Waals surface area contributed by atoms with Gasteiger partial charge in [0.15, 0.2) is 5.82 Å². The normalized spacial score (nSPS) is 14.2. The molecule has 1 fully saturated rings. The highest BCUT2D eigenvalue weighted by Crippen LogP contribution is 2.37. The van der Waals surface area contributed by atoms with Gasteiger partial charge in [-0.15, -0.1) is 10.2 Å². The van der Waals surface area contributed by atoms with Crippen molar-refractivity contribution >= 4 is 22.5 Å². The van der Waals surface area contributed by atoms with Gasteiger partial charge < -0.3 is 14.5 Å². The molecule has 43 heavy (non-hydrogen) atoms. The first-order chi connectivity index (χ1) is 20.7. The Morgan fingerprint density at radius 3 is 2.28 bits per heavy atom. The van der Waals surface area contributed by atoms with E-state index >= 15 is 0 Å². The Morgan fingerprint density at radius 1 is 0.907 bits per heavy atom. The number of para-hydroxylation sites is 1. The van der Waals surface area contributed by atoms with Crippen molar-refractivity contribution in [3.05, 3.63) is 96.2 Å². The fourth-order valence-corrected chi connectivity index (χ4v) is 5.57. The third-order valence-corrected chi connectivity index (χ3v) is 7.87. The fraction of sp³-hybridized carbons (Fsp3) is 0.250. The summed E-state index contributed by atoms with van der Waals surface area (Å²) in [6.07, 6.45) is -1.88. The first-order valence-corrected chi connectivity index (χ1v) is 13.9. The molecule has 1 aliphatic rings. The van der Waals surface area contributed by atoms with E-state index in [1.807, 2.05) is 37.4 Å². The number of alkyl halides is 3. The Balaban J connectivity index is 1.19. The third-order valence-electron chi connectivity index (χ3n) is 7.87. The summed E-state index contributed by atoms with van der Waals surface area (Å²) >= 11 is 0. The molecule has 0 spiro atoms. The van der Waals surface area contributed by atoms with Crippen molar-refractivity contribution in [2.45, 2.75) is 25.1 Å². The van der Waals surface area contributed by atoms with Gasteiger partial charge in [-0.1, -0.05) is 42.5 Å². The lowest BCUT2D eigenvalue weighted by atomic mass is 10.00. The van der Waals surface area contributed by atoms with Gasteiger partial charge in [0.1, 0.15) is 17.2 Å². The Kier molecular flexibility index (Phi) is 7.47. The van der Waals surface area contributed by atoms with E-state index in [0.717, 1.165) is 34.0 Å². The van der Waals surface area contributed by atoms with Crippen LogP contribution in [-0.2, 0) is 13.2 Å². The number of carbonyl (C=O) groups is 1. The van der Waals surface area contributed by atoms with Crippen LogP contribution in [0.5, 0.6) is 11.5 Å². The van der Waals surface area contributed by atoms with Crippen LogP contribution < -0.4 is 9.64 Å². The van der Waals surface area contributed by atoms with Gasteiger partial charge >= 0.3 is 6.18 Å². The van der Waals surface area contributed by atoms with Crippen LogP contribution in [0.15, 0.2) is 85.1 Å². The number of fused-ring (bicyclic) bond motifs is 1. The van der Waals surface area contributed by atoms with Gasteiger partial charge in [0.2, 0.25) is 0 Å². The number of ether oxygens (including phenoxy) is 1. The summed E-state index contributed by atoms with van der Waals surface area (Å²) in [4.78, 5) is 17.0. The Bertz CT molecular complexity index is 1760. The van der Waals surface area contributed by atoms with Crippen LogP contribution in [0.4, 0.5) is 19.0 Å². The van der Waals surface area contributed by atoms with Gasteiger partial charge in [-0.05, 0) is 49.2 Å². The molecule has 6 rings (SSSR count). The van der Waals surface area contributed by atoms with E-state index in [-0.39, 0.29) is 11.8 Å². The molecule has 5 aromatic rings. The number of aromatic nitrogens is 4. The lowest BCUT2D eigenvalue weighted by molar-refractivity contribution is -0.138. The number of piperidine rings is 1. The molecule has 0 bridgehead atoms. The van der Waals surface area contributed by atoms with E-state index in [1.54, 1.807) is 48.3 Å². The average molecular weight is 587 g/mol. The summed E-state index contributed by atoms with van der Waals surface area (Å²) in [5, 5.41) is 15.3. The SMILES string of the molecule is CN(C(=O)c1ccc(Oc2ccccc2)cc1C(F)(F)F)C1CCN(c2nnc(-c3ccnn3C)c3ccccc23)CC1. The van der Waals surface area contributed by atoms with Gasteiger partial charge in [-0.25, -0.2) is 0 Å². The molecule has 0 atom stereocenters. The predicted octanol–water partition coefficient (Wildman–Crippen LogP) is 6.58. The molecule has 11 heteroatoms. The van der Waals surface area contributed by atoms with Crippen LogP contribution in [0.1, 0.15) is 28.8 Å². The van der Waals surface area contributed by atoms with Crippen molar-refractivity contribution in [1.82, 2.24) is 24.9 Å². The van der Waals surface area contributed by atoms with Crippen molar-refractivity contribution in [3.8, 4) is 22.9 Å². The second kappa shape index (κ2) is 11.4. The van der Waals surface area contributed by atoms with Crippen LogP contribution in [0.3, 0.4) is 0 Å². The molecule has 220 valence electrons. The number of halogens is 3. The number of hydrogen-bond donors (Lipinski definition) is 0. The number of amides is 1. The molecule has 3 heterocycles. The van der Waals surface area contributed by atoms with E-state index in [9.17, 15) is 18.0 Å². The van der Waals surface area contributed by atoms with Crippen molar-refractivity contribution in [2.24, 2.45) is 7.05 Å². The highest BCUT2D eigenvalue weighted by atomic mass is 19.4. The van der Waals surface area contributed by atoms with E-state index in [4.69, 9.17) is 4.74 Å². The number of aryl methyl sites for hydroxylation is 1. The molecule has 0 radical (unpaired) electrons.